The highest BCUT2D eigenvalue weighted by molar-refractivity contribution is 6.30. The number of carbonyl (C=O) groups excluding carboxylic acids is 1. The molecule has 0 N–H and O–H groups in total. The third-order valence-electron chi connectivity index (χ3n) is 4.68. The van der Waals surface area contributed by atoms with Crippen LogP contribution in [-0.4, -0.2) is 53.4 Å². The van der Waals surface area contributed by atoms with E-state index in [2.05, 4.69) is 4.90 Å². The number of nitrogens with zero attached hydrogens (tertiary/aromatic N) is 3. The van der Waals surface area contributed by atoms with Gasteiger partial charge in [-0.3, -0.25) is 19.8 Å². The minimum Gasteiger partial charge on any atom is -0.487 e. The zero-order chi connectivity index (χ0) is 20.1. The number of nitro benzene ring substituents is 1. The lowest BCUT2D eigenvalue weighted by molar-refractivity contribution is -0.385. The average Bonchev–Trinajstić information content (AvgIpc) is 2.70. The second-order valence-corrected chi connectivity index (χ2v) is 7.00. The first-order chi connectivity index (χ1) is 13.5. The van der Waals surface area contributed by atoms with Gasteiger partial charge in [0.15, 0.2) is 5.75 Å². The Bertz CT molecular complexity index is 849. The van der Waals surface area contributed by atoms with Gasteiger partial charge < -0.3 is 9.64 Å². The quantitative estimate of drug-likeness (QED) is 0.544. The largest absolute Gasteiger partial charge is 0.487 e. The zero-order valence-electron chi connectivity index (χ0n) is 15.6. The summed E-state index contributed by atoms with van der Waals surface area (Å²) in [6, 6.07) is 12.1. The van der Waals surface area contributed by atoms with Gasteiger partial charge in [0, 0.05) is 49.4 Å². The fourth-order valence-corrected chi connectivity index (χ4v) is 3.34. The molecule has 7 nitrogen and oxygen atoms in total. The summed E-state index contributed by atoms with van der Waals surface area (Å²) >= 11 is 5.92. The van der Waals surface area contributed by atoms with Gasteiger partial charge >= 0.3 is 5.69 Å². The highest BCUT2D eigenvalue weighted by Crippen LogP contribution is 2.28. The van der Waals surface area contributed by atoms with Crippen LogP contribution in [0.2, 0.25) is 5.02 Å². The zero-order valence-corrected chi connectivity index (χ0v) is 16.4. The molecule has 0 aromatic heterocycles. The second kappa shape index (κ2) is 9.03. The molecule has 0 atom stereocenters. The smallest absolute Gasteiger partial charge is 0.311 e. The van der Waals surface area contributed by atoms with E-state index in [1.54, 1.807) is 17.9 Å². The van der Waals surface area contributed by atoms with Crippen molar-refractivity contribution in [2.45, 2.75) is 13.5 Å². The van der Waals surface area contributed by atoms with Crippen LogP contribution in [0.15, 0.2) is 42.5 Å². The highest BCUT2D eigenvalue weighted by atomic mass is 35.5. The molecule has 0 unspecified atom stereocenters. The van der Waals surface area contributed by atoms with E-state index >= 15 is 0 Å². The maximum absolute atomic E-state index is 12.8. The molecule has 0 bridgehead atoms. The summed E-state index contributed by atoms with van der Waals surface area (Å²) in [5, 5.41) is 12.0. The van der Waals surface area contributed by atoms with Crippen molar-refractivity contribution >= 4 is 23.2 Å². The van der Waals surface area contributed by atoms with E-state index in [9.17, 15) is 14.9 Å². The summed E-state index contributed by atoms with van der Waals surface area (Å²) in [6.45, 7) is 5.52. The summed E-state index contributed by atoms with van der Waals surface area (Å²) in [5.41, 5.74) is 1.29. The van der Waals surface area contributed by atoms with E-state index in [-0.39, 0.29) is 17.3 Å². The van der Waals surface area contributed by atoms with Crippen molar-refractivity contribution in [3.8, 4) is 5.75 Å². The summed E-state index contributed by atoms with van der Waals surface area (Å²) in [6.07, 6.45) is 0. The Labute approximate surface area is 168 Å². The van der Waals surface area contributed by atoms with Gasteiger partial charge in [-0.25, -0.2) is 0 Å². The van der Waals surface area contributed by atoms with Crippen LogP contribution >= 0.6 is 11.6 Å². The van der Waals surface area contributed by atoms with Gasteiger partial charge in [0.05, 0.1) is 11.5 Å². The van der Waals surface area contributed by atoms with Crippen LogP contribution < -0.4 is 4.74 Å². The maximum atomic E-state index is 12.8. The van der Waals surface area contributed by atoms with Crippen molar-refractivity contribution in [2.24, 2.45) is 0 Å². The number of benzene rings is 2. The Morgan fingerprint density at radius 1 is 1.14 bits per heavy atom. The minimum atomic E-state index is -0.522. The number of halogens is 1. The molecule has 148 valence electrons. The van der Waals surface area contributed by atoms with Crippen molar-refractivity contribution < 1.29 is 14.5 Å². The van der Waals surface area contributed by atoms with E-state index in [1.165, 1.54) is 17.7 Å². The van der Waals surface area contributed by atoms with Crippen LogP contribution in [-0.2, 0) is 6.54 Å². The molecule has 1 amide bonds. The Balaban J connectivity index is 1.62. The lowest BCUT2D eigenvalue weighted by Gasteiger charge is -2.34. The van der Waals surface area contributed by atoms with Crippen LogP contribution in [0, 0.1) is 10.1 Å². The molecule has 3 rings (SSSR count). The molecule has 1 fully saturated rings. The van der Waals surface area contributed by atoms with Gasteiger partial charge in [-0.1, -0.05) is 23.7 Å². The number of amides is 1. The highest BCUT2D eigenvalue weighted by Gasteiger charge is 2.25. The lowest BCUT2D eigenvalue weighted by atomic mass is 10.1. The number of carbonyl (C=O) groups is 1. The van der Waals surface area contributed by atoms with Crippen molar-refractivity contribution in [2.75, 3.05) is 32.8 Å². The standard InChI is InChI=1S/C20H22ClN3O4/c1-2-28-19-8-5-16(13-18(19)24(26)27)20(25)23-11-9-22(10-12-23)14-15-3-6-17(21)7-4-15/h3-8,13H,2,9-12,14H2,1H3. The normalized spacial score (nSPS) is 14.7. The number of nitro groups is 1. The van der Waals surface area contributed by atoms with E-state index in [4.69, 9.17) is 16.3 Å². The van der Waals surface area contributed by atoms with Crippen molar-refractivity contribution in [1.82, 2.24) is 9.80 Å². The lowest BCUT2D eigenvalue weighted by Crippen LogP contribution is -2.48. The topological polar surface area (TPSA) is 75.9 Å². The molecule has 1 heterocycles. The molecule has 0 radical (unpaired) electrons. The van der Waals surface area contributed by atoms with Gasteiger partial charge in [0.25, 0.3) is 5.91 Å². The Morgan fingerprint density at radius 2 is 1.82 bits per heavy atom. The van der Waals surface area contributed by atoms with Gasteiger partial charge in [-0.05, 0) is 36.8 Å². The molecule has 8 heteroatoms. The summed E-state index contributed by atoms with van der Waals surface area (Å²) in [7, 11) is 0. The molecule has 0 spiro atoms. The van der Waals surface area contributed by atoms with Crippen molar-refractivity contribution in [1.29, 1.82) is 0 Å². The van der Waals surface area contributed by atoms with Gasteiger partial charge in [0.1, 0.15) is 0 Å². The number of hydrogen-bond donors (Lipinski definition) is 0. The molecule has 2 aromatic carbocycles. The third kappa shape index (κ3) is 4.79. The van der Waals surface area contributed by atoms with Crippen LogP contribution in [0.4, 0.5) is 5.69 Å². The summed E-state index contributed by atoms with van der Waals surface area (Å²) in [4.78, 5) is 27.5. The Hall–Kier alpha value is -2.64. The first-order valence-corrected chi connectivity index (χ1v) is 9.53. The number of piperazine rings is 1. The molecule has 1 aliphatic rings. The summed E-state index contributed by atoms with van der Waals surface area (Å²) < 4.78 is 5.28. The monoisotopic (exact) mass is 403 g/mol. The van der Waals surface area contributed by atoms with E-state index in [0.717, 1.165) is 19.6 Å². The van der Waals surface area contributed by atoms with Crippen molar-refractivity contribution in [3.63, 3.8) is 0 Å². The van der Waals surface area contributed by atoms with E-state index in [0.29, 0.717) is 30.3 Å². The first-order valence-electron chi connectivity index (χ1n) is 9.15. The number of hydrogen-bond acceptors (Lipinski definition) is 5. The van der Waals surface area contributed by atoms with Gasteiger partial charge in [-0.2, -0.15) is 0 Å². The van der Waals surface area contributed by atoms with E-state index in [1.807, 2.05) is 24.3 Å². The minimum absolute atomic E-state index is 0.178. The molecule has 1 saturated heterocycles. The van der Waals surface area contributed by atoms with E-state index < -0.39 is 4.92 Å². The molecule has 0 aliphatic carbocycles. The predicted octanol–water partition coefficient (Wildman–Crippen LogP) is 3.60. The third-order valence-corrected chi connectivity index (χ3v) is 4.93. The Morgan fingerprint density at radius 3 is 2.43 bits per heavy atom. The average molecular weight is 404 g/mol. The fraction of sp³-hybridized carbons (Fsp3) is 0.350. The van der Waals surface area contributed by atoms with Gasteiger partial charge in [-0.15, -0.1) is 0 Å². The molecule has 28 heavy (non-hydrogen) atoms. The van der Waals surface area contributed by atoms with Crippen LogP contribution in [0.25, 0.3) is 0 Å². The second-order valence-electron chi connectivity index (χ2n) is 6.57. The predicted molar refractivity (Wildman–Crippen MR) is 107 cm³/mol. The Kier molecular flexibility index (Phi) is 6.49. The van der Waals surface area contributed by atoms with Crippen LogP contribution in [0.3, 0.4) is 0 Å². The van der Waals surface area contributed by atoms with Gasteiger partial charge in [0.2, 0.25) is 0 Å². The number of ether oxygens (including phenoxy) is 1. The molecular weight excluding hydrogens is 382 g/mol. The molecule has 2 aromatic rings. The molecule has 0 saturated carbocycles. The number of rotatable bonds is 6. The maximum Gasteiger partial charge on any atom is 0.311 e. The van der Waals surface area contributed by atoms with Crippen LogP contribution in [0.1, 0.15) is 22.8 Å². The fourth-order valence-electron chi connectivity index (χ4n) is 3.21. The van der Waals surface area contributed by atoms with Crippen molar-refractivity contribution in [3.05, 3.63) is 68.7 Å². The summed E-state index contributed by atoms with van der Waals surface area (Å²) in [5.74, 6) is -0.0193. The molecular formula is C20H22ClN3O4. The van der Waals surface area contributed by atoms with Crippen LogP contribution in [0.5, 0.6) is 5.75 Å². The first kappa shape index (κ1) is 20.1. The SMILES string of the molecule is CCOc1ccc(C(=O)N2CCN(Cc3ccc(Cl)cc3)CC2)cc1[N+](=O)[O-]. The molecule has 1 aliphatic heterocycles.